The number of fused-ring (bicyclic) bond motifs is 6. The number of rotatable bonds is 0. The van der Waals surface area contributed by atoms with Crippen molar-refractivity contribution in [3.05, 3.63) is 64.8 Å². The summed E-state index contributed by atoms with van der Waals surface area (Å²) in [5.74, 6) is 0.968. The van der Waals surface area contributed by atoms with Crippen molar-refractivity contribution in [3.8, 4) is 22.5 Å². The van der Waals surface area contributed by atoms with Gasteiger partial charge in [0.05, 0.1) is 5.52 Å². The van der Waals surface area contributed by atoms with Gasteiger partial charge in [0.1, 0.15) is 5.82 Å². The lowest BCUT2D eigenvalue weighted by atomic mass is 9.87. The molecule has 2 aromatic rings. The van der Waals surface area contributed by atoms with E-state index in [1.165, 1.54) is 33.3 Å². The van der Waals surface area contributed by atoms with Gasteiger partial charge in [-0.05, 0) is 36.6 Å². The third-order valence-electron chi connectivity index (χ3n) is 4.58. The lowest BCUT2D eigenvalue weighted by molar-refractivity contribution is 0.894. The average molecular weight is 305 g/mol. The molecule has 0 bridgehead atoms. The summed E-state index contributed by atoms with van der Waals surface area (Å²) in [7, 11) is 0. The van der Waals surface area contributed by atoms with E-state index in [9.17, 15) is 0 Å². The smallest absolute Gasteiger partial charge is 0.138 e. The molecule has 3 aliphatic rings. The number of halogens is 1. The van der Waals surface area contributed by atoms with Crippen LogP contribution in [0.25, 0.3) is 33.4 Å². The number of aromatic nitrogens is 2. The summed E-state index contributed by atoms with van der Waals surface area (Å²) in [5, 5.41) is 2.02. The minimum atomic E-state index is 0.829. The second-order valence-corrected chi connectivity index (χ2v) is 6.23. The van der Waals surface area contributed by atoms with E-state index in [0.29, 0.717) is 0 Å². The van der Waals surface area contributed by atoms with Gasteiger partial charge >= 0.3 is 0 Å². The Bertz CT molecular complexity index is 1000. The molecule has 5 rings (SSSR count). The lowest BCUT2D eigenvalue weighted by Crippen LogP contribution is -2.07. The molecule has 0 amide bonds. The highest BCUT2D eigenvalue weighted by molar-refractivity contribution is 6.33. The monoisotopic (exact) mass is 304 g/mol. The van der Waals surface area contributed by atoms with Crippen molar-refractivity contribution in [1.29, 1.82) is 0 Å². The van der Waals surface area contributed by atoms with Crippen molar-refractivity contribution >= 4 is 22.5 Å². The maximum absolute atomic E-state index is 6.48. The largest absolute Gasteiger partial charge is 0.343 e. The predicted octanol–water partition coefficient (Wildman–Crippen LogP) is 5.09. The second-order valence-electron chi connectivity index (χ2n) is 5.83. The lowest BCUT2D eigenvalue weighted by Gasteiger charge is -2.22. The molecule has 2 aromatic carbocycles. The summed E-state index contributed by atoms with van der Waals surface area (Å²) < 4.78 is 0. The standard InChI is InChI=1S/C19H13ClN2/c20-15-6-3-4-11-8-9-17-14(18(11)15)10-13-12-5-1-2-7-16(12)21-19(13)22-17/h1-7,10H,8-9H2,(H,21,22). The number of nitrogens with zero attached hydrogens (tertiary/aromatic N) is 1. The summed E-state index contributed by atoms with van der Waals surface area (Å²) in [6, 6.07) is 16.7. The molecule has 0 atom stereocenters. The van der Waals surface area contributed by atoms with Crippen LogP contribution in [-0.4, -0.2) is 9.97 Å². The number of aromatic amines is 1. The van der Waals surface area contributed by atoms with Crippen molar-refractivity contribution in [2.24, 2.45) is 0 Å². The summed E-state index contributed by atoms with van der Waals surface area (Å²) in [4.78, 5) is 8.25. The van der Waals surface area contributed by atoms with Gasteiger partial charge in [0, 0.05) is 32.8 Å². The van der Waals surface area contributed by atoms with Gasteiger partial charge in [-0.25, -0.2) is 4.98 Å². The zero-order valence-corrected chi connectivity index (χ0v) is 12.6. The SMILES string of the molecule is Clc1cccc2c1-c1cc3c4ccccc4nc-3[nH]c1CC2. The van der Waals surface area contributed by atoms with Crippen molar-refractivity contribution in [1.82, 2.24) is 9.97 Å². The number of hydrogen-bond donors (Lipinski definition) is 1. The van der Waals surface area contributed by atoms with Crippen LogP contribution < -0.4 is 0 Å². The summed E-state index contributed by atoms with van der Waals surface area (Å²) in [6.07, 6.45) is 2.02. The van der Waals surface area contributed by atoms with Gasteiger partial charge in [-0.15, -0.1) is 0 Å². The normalized spacial score (nSPS) is 13.3. The van der Waals surface area contributed by atoms with Gasteiger partial charge in [0.25, 0.3) is 0 Å². The Morgan fingerprint density at radius 1 is 0.955 bits per heavy atom. The Balaban J connectivity index is 1.90. The number of para-hydroxylation sites is 1. The fourth-order valence-corrected chi connectivity index (χ4v) is 3.84. The molecule has 0 unspecified atom stereocenters. The van der Waals surface area contributed by atoms with Gasteiger partial charge in [0.15, 0.2) is 0 Å². The molecule has 1 aliphatic carbocycles. The molecule has 0 radical (unpaired) electrons. The van der Waals surface area contributed by atoms with E-state index in [1.54, 1.807) is 0 Å². The van der Waals surface area contributed by atoms with Gasteiger partial charge in [0.2, 0.25) is 0 Å². The first-order valence-electron chi connectivity index (χ1n) is 7.49. The quantitative estimate of drug-likeness (QED) is 0.482. The topological polar surface area (TPSA) is 28.7 Å². The van der Waals surface area contributed by atoms with Crippen LogP contribution in [0.5, 0.6) is 0 Å². The summed E-state index contributed by atoms with van der Waals surface area (Å²) >= 11 is 6.48. The van der Waals surface area contributed by atoms with E-state index in [1.807, 2.05) is 18.2 Å². The first kappa shape index (κ1) is 12.2. The number of H-pyrrole nitrogens is 1. The van der Waals surface area contributed by atoms with Crippen LogP contribution in [0.15, 0.2) is 48.5 Å². The molecule has 0 spiro atoms. The molecule has 22 heavy (non-hydrogen) atoms. The third kappa shape index (κ3) is 1.59. The van der Waals surface area contributed by atoms with Crippen LogP contribution >= 0.6 is 11.6 Å². The van der Waals surface area contributed by atoms with E-state index in [0.717, 1.165) is 29.2 Å². The Labute approximate surface area is 133 Å². The Morgan fingerprint density at radius 3 is 2.82 bits per heavy atom. The van der Waals surface area contributed by atoms with Gasteiger partial charge in [-0.2, -0.15) is 0 Å². The zero-order valence-electron chi connectivity index (χ0n) is 11.9. The first-order valence-corrected chi connectivity index (χ1v) is 7.87. The number of aryl methyl sites for hydroxylation is 2. The first-order chi connectivity index (χ1) is 10.8. The van der Waals surface area contributed by atoms with Crippen molar-refractivity contribution < 1.29 is 0 Å². The fraction of sp³-hybridized carbons (Fsp3) is 0.105. The van der Waals surface area contributed by atoms with Crippen LogP contribution in [0.3, 0.4) is 0 Å². The van der Waals surface area contributed by atoms with E-state index in [4.69, 9.17) is 16.6 Å². The van der Waals surface area contributed by atoms with E-state index >= 15 is 0 Å². The van der Waals surface area contributed by atoms with Gasteiger partial charge < -0.3 is 4.98 Å². The maximum Gasteiger partial charge on any atom is 0.138 e. The fourth-order valence-electron chi connectivity index (χ4n) is 3.55. The van der Waals surface area contributed by atoms with Crippen LogP contribution in [0, 0.1) is 0 Å². The van der Waals surface area contributed by atoms with E-state index < -0.39 is 0 Å². The molecular weight excluding hydrogens is 292 g/mol. The van der Waals surface area contributed by atoms with Crippen molar-refractivity contribution in [2.45, 2.75) is 12.8 Å². The molecule has 0 saturated heterocycles. The number of nitrogens with one attached hydrogen (secondary N) is 1. The Hall–Kier alpha value is -2.32. The highest BCUT2D eigenvalue weighted by Gasteiger charge is 2.23. The zero-order chi connectivity index (χ0) is 14.7. The molecular formula is C19H13ClN2. The minimum Gasteiger partial charge on any atom is -0.343 e. The van der Waals surface area contributed by atoms with Gasteiger partial charge in [-0.3, -0.25) is 0 Å². The Morgan fingerprint density at radius 2 is 1.86 bits per heavy atom. The van der Waals surface area contributed by atoms with E-state index in [2.05, 4.69) is 35.3 Å². The number of pyridine rings is 1. The molecule has 0 fully saturated rings. The minimum absolute atomic E-state index is 0.829. The van der Waals surface area contributed by atoms with Crippen LogP contribution in [0.4, 0.5) is 0 Å². The van der Waals surface area contributed by atoms with Gasteiger partial charge in [-0.1, -0.05) is 41.9 Å². The Kier molecular flexibility index (Phi) is 2.42. The molecule has 2 nitrogen and oxygen atoms in total. The van der Waals surface area contributed by atoms with Crippen LogP contribution in [0.1, 0.15) is 11.3 Å². The molecule has 106 valence electrons. The molecule has 0 saturated carbocycles. The second kappa shape index (κ2) is 4.34. The number of hydrogen-bond acceptors (Lipinski definition) is 1. The maximum atomic E-state index is 6.48. The van der Waals surface area contributed by atoms with Crippen LogP contribution in [0.2, 0.25) is 5.02 Å². The van der Waals surface area contributed by atoms with Crippen molar-refractivity contribution in [2.75, 3.05) is 0 Å². The molecule has 1 N–H and O–H groups in total. The van der Waals surface area contributed by atoms with Crippen LogP contribution in [-0.2, 0) is 12.8 Å². The molecule has 2 aliphatic heterocycles. The summed E-state index contributed by atoms with van der Waals surface area (Å²) in [5.41, 5.74) is 7.16. The van der Waals surface area contributed by atoms with E-state index in [-0.39, 0.29) is 0 Å². The highest BCUT2D eigenvalue weighted by Crippen LogP contribution is 2.41. The van der Waals surface area contributed by atoms with Crippen molar-refractivity contribution in [3.63, 3.8) is 0 Å². The predicted molar refractivity (Wildman–Crippen MR) is 90.6 cm³/mol. The summed E-state index contributed by atoms with van der Waals surface area (Å²) in [6.45, 7) is 0. The molecule has 3 heteroatoms. The average Bonchev–Trinajstić information content (AvgIpc) is 2.90. The number of benzene rings is 2. The molecule has 0 aromatic heterocycles. The molecule has 2 heterocycles. The third-order valence-corrected chi connectivity index (χ3v) is 4.89. The highest BCUT2D eigenvalue weighted by atomic mass is 35.5.